The molecule has 0 amide bonds. The third kappa shape index (κ3) is 4.09. The third-order valence-corrected chi connectivity index (χ3v) is 10.4. The Morgan fingerprint density at radius 2 is 2.09 bits per heavy atom. The number of ether oxygens (including phenoxy) is 2. The molecule has 3 fully saturated rings. The lowest BCUT2D eigenvalue weighted by Crippen LogP contribution is -2.54. The van der Waals surface area contributed by atoms with E-state index < -0.39 is 17.5 Å². The molecule has 7 heterocycles. The average molecular weight is 613 g/mol. The molecule has 5 aliphatic rings. The minimum Gasteiger partial charge on any atom is -0.508 e. The number of hydrogen-bond acceptors (Lipinski definition) is 9. The predicted molar refractivity (Wildman–Crippen MR) is 166 cm³/mol. The van der Waals surface area contributed by atoms with Crippen molar-refractivity contribution in [3.05, 3.63) is 53.5 Å². The molecular formula is C34H34F2N6O3. The fourth-order valence-electron chi connectivity index (χ4n) is 8.36. The Labute approximate surface area is 258 Å². The molecule has 0 radical (unpaired) electrons. The number of aromatic nitrogens is 3. The van der Waals surface area contributed by atoms with Gasteiger partial charge in [-0.15, -0.1) is 0 Å². The minimum atomic E-state index is -0.891. The summed E-state index contributed by atoms with van der Waals surface area (Å²) in [6.45, 7) is 4.48. The van der Waals surface area contributed by atoms with Gasteiger partial charge in [0.05, 0.1) is 5.54 Å². The first-order valence-electron chi connectivity index (χ1n) is 15.9. The van der Waals surface area contributed by atoms with Gasteiger partial charge in [0, 0.05) is 36.8 Å². The van der Waals surface area contributed by atoms with Crippen LogP contribution in [-0.2, 0) is 6.42 Å². The number of nitrogens with one attached hydrogen (secondary N) is 1. The lowest BCUT2D eigenvalue weighted by atomic mass is 9.95. The number of phenolic OH excluding ortho intramolecular Hbond substituents is 1. The number of halogens is 2. The summed E-state index contributed by atoms with van der Waals surface area (Å²) in [6.07, 6.45) is 5.15. The fourth-order valence-corrected chi connectivity index (χ4v) is 8.36. The van der Waals surface area contributed by atoms with Crippen molar-refractivity contribution in [3.8, 4) is 28.9 Å². The maximum atomic E-state index is 17.0. The van der Waals surface area contributed by atoms with E-state index in [0.29, 0.717) is 42.9 Å². The molecule has 2 bridgehead atoms. The average Bonchev–Trinajstić information content (AvgIpc) is 3.67. The van der Waals surface area contributed by atoms with Crippen molar-refractivity contribution in [2.75, 3.05) is 37.7 Å². The Morgan fingerprint density at radius 1 is 1.18 bits per heavy atom. The van der Waals surface area contributed by atoms with E-state index in [0.717, 1.165) is 54.3 Å². The number of fused-ring (bicyclic) bond motifs is 7. The number of rotatable bonds is 5. The summed E-state index contributed by atoms with van der Waals surface area (Å²) in [5.41, 5.74) is 2.23. The van der Waals surface area contributed by atoms with Crippen molar-refractivity contribution in [2.24, 2.45) is 0 Å². The summed E-state index contributed by atoms with van der Waals surface area (Å²) in [5, 5.41) is 16.3. The second-order valence-electron chi connectivity index (χ2n) is 13.1. The van der Waals surface area contributed by atoms with E-state index in [1.54, 1.807) is 12.1 Å². The van der Waals surface area contributed by atoms with Gasteiger partial charge in [-0.3, -0.25) is 4.90 Å². The molecule has 2 N–H and O–H groups in total. The Balaban J connectivity index is 1.24. The quantitative estimate of drug-likeness (QED) is 0.322. The number of anilines is 1. The molecule has 9 nitrogen and oxygen atoms in total. The number of pyridine rings is 1. The van der Waals surface area contributed by atoms with Crippen LogP contribution in [0.3, 0.4) is 0 Å². The zero-order valence-electron chi connectivity index (χ0n) is 25.0. The molecule has 5 aliphatic heterocycles. The number of hydrogen-bond donors (Lipinski definition) is 2. The van der Waals surface area contributed by atoms with Crippen LogP contribution in [0, 0.1) is 5.82 Å². The number of nitrogens with zero attached hydrogens (tertiary/aromatic N) is 5. The lowest BCUT2D eigenvalue weighted by molar-refractivity contribution is 0.107. The Kier molecular flexibility index (Phi) is 5.94. The van der Waals surface area contributed by atoms with Gasteiger partial charge in [-0.05, 0) is 60.7 Å². The Hall–Kier alpha value is -4.25. The van der Waals surface area contributed by atoms with Gasteiger partial charge in [0.15, 0.2) is 5.82 Å². The molecule has 2 aromatic carbocycles. The van der Waals surface area contributed by atoms with Gasteiger partial charge >= 0.3 is 6.01 Å². The van der Waals surface area contributed by atoms with Crippen LogP contribution in [0.1, 0.15) is 38.2 Å². The monoisotopic (exact) mass is 612 g/mol. The van der Waals surface area contributed by atoms with Crippen molar-refractivity contribution >= 4 is 27.5 Å². The predicted octanol–water partition coefficient (Wildman–Crippen LogP) is 5.03. The molecule has 232 valence electrons. The van der Waals surface area contributed by atoms with Gasteiger partial charge in [0.2, 0.25) is 5.88 Å². The van der Waals surface area contributed by atoms with E-state index in [4.69, 9.17) is 19.4 Å². The van der Waals surface area contributed by atoms with E-state index in [-0.39, 0.29) is 47.5 Å². The van der Waals surface area contributed by atoms with Crippen molar-refractivity contribution in [2.45, 2.75) is 62.8 Å². The Bertz CT molecular complexity index is 1920. The molecule has 0 unspecified atom stereocenters. The first-order chi connectivity index (χ1) is 21.9. The van der Waals surface area contributed by atoms with Crippen molar-refractivity contribution in [1.82, 2.24) is 25.2 Å². The maximum Gasteiger partial charge on any atom is 0.319 e. The smallest absolute Gasteiger partial charge is 0.319 e. The second-order valence-corrected chi connectivity index (χ2v) is 13.1. The molecule has 4 atom stereocenters. The van der Waals surface area contributed by atoms with Crippen LogP contribution >= 0.6 is 0 Å². The summed E-state index contributed by atoms with van der Waals surface area (Å²) >= 11 is 0. The second kappa shape index (κ2) is 9.87. The minimum absolute atomic E-state index is 0.0144. The largest absolute Gasteiger partial charge is 0.508 e. The molecule has 0 saturated carbocycles. The molecule has 45 heavy (non-hydrogen) atoms. The summed E-state index contributed by atoms with van der Waals surface area (Å²) in [7, 11) is 0. The molecule has 11 heteroatoms. The van der Waals surface area contributed by atoms with Crippen LogP contribution in [0.2, 0.25) is 0 Å². The number of piperazine rings is 1. The normalized spacial score (nSPS) is 26.8. The van der Waals surface area contributed by atoms with Crippen molar-refractivity contribution < 1.29 is 23.4 Å². The Morgan fingerprint density at radius 3 is 2.98 bits per heavy atom. The number of phenols is 1. The van der Waals surface area contributed by atoms with E-state index in [9.17, 15) is 9.50 Å². The molecule has 2 aromatic heterocycles. The van der Waals surface area contributed by atoms with Crippen molar-refractivity contribution in [1.29, 1.82) is 0 Å². The van der Waals surface area contributed by atoms with Crippen LogP contribution in [0.5, 0.6) is 17.6 Å². The molecule has 9 rings (SSSR count). The zero-order valence-corrected chi connectivity index (χ0v) is 25.0. The van der Waals surface area contributed by atoms with Crippen LogP contribution < -0.4 is 19.7 Å². The number of alkyl halides is 1. The third-order valence-electron chi connectivity index (χ3n) is 10.4. The van der Waals surface area contributed by atoms with E-state index in [2.05, 4.69) is 26.2 Å². The van der Waals surface area contributed by atoms with Gasteiger partial charge in [-0.2, -0.15) is 9.97 Å². The molecule has 0 spiro atoms. The van der Waals surface area contributed by atoms with Gasteiger partial charge in [-0.25, -0.2) is 13.8 Å². The topological polar surface area (TPSA) is 95.9 Å². The highest BCUT2D eigenvalue weighted by Gasteiger charge is 2.49. The number of benzene rings is 2. The molecular weight excluding hydrogens is 578 g/mol. The standard InChI is InChI=1S/C34H34F2N6O3/c1-2-18-5-3-6-19-11-22(43)12-23(26(18)19)29-28(36)30-27-31(42-15-21-7-8-24(37-21)25(42)16-44-32(27)38-29)40-33(39-30)45-17-34-9-4-10-41(34)14-20(35)13-34/h3,5-6,8,11-12,20-21,25,37,43H,2,4,7,9-10,13-17H2,1H3/t20-,21-,25-,34-/m0/s1. The molecule has 4 aromatic rings. The van der Waals surface area contributed by atoms with E-state index >= 15 is 4.39 Å². The molecule has 0 aliphatic carbocycles. The first-order valence-corrected chi connectivity index (χ1v) is 15.9. The number of aryl methyl sites for hydroxylation is 1. The highest BCUT2D eigenvalue weighted by atomic mass is 19.1. The van der Waals surface area contributed by atoms with Gasteiger partial charge in [0.25, 0.3) is 0 Å². The fraction of sp³-hybridized carbons (Fsp3) is 0.441. The first kappa shape index (κ1) is 27.1. The molecule has 3 saturated heterocycles. The van der Waals surface area contributed by atoms with Crippen LogP contribution in [0.15, 0.2) is 42.1 Å². The van der Waals surface area contributed by atoms with Crippen LogP contribution in [0.4, 0.5) is 14.6 Å². The number of aromatic hydroxyl groups is 1. The maximum absolute atomic E-state index is 17.0. The van der Waals surface area contributed by atoms with E-state index in [1.165, 1.54) is 0 Å². The van der Waals surface area contributed by atoms with Gasteiger partial charge < -0.3 is 24.8 Å². The summed E-state index contributed by atoms with van der Waals surface area (Å²) in [6, 6.07) is 9.18. The van der Waals surface area contributed by atoms with Crippen molar-refractivity contribution in [3.63, 3.8) is 0 Å². The van der Waals surface area contributed by atoms with Crippen LogP contribution in [0.25, 0.3) is 32.9 Å². The highest BCUT2D eigenvalue weighted by Crippen LogP contribution is 2.45. The summed E-state index contributed by atoms with van der Waals surface area (Å²) in [5.74, 6) is 0.150. The summed E-state index contributed by atoms with van der Waals surface area (Å²) < 4.78 is 44.2. The van der Waals surface area contributed by atoms with Gasteiger partial charge in [-0.1, -0.05) is 31.2 Å². The lowest BCUT2D eigenvalue weighted by Gasteiger charge is -2.38. The van der Waals surface area contributed by atoms with Crippen LogP contribution in [-0.4, -0.2) is 81.6 Å². The van der Waals surface area contributed by atoms with Gasteiger partial charge in [0.1, 0.15) is 53.6 Å². The zero-order chi connectivity index (χ0) is 30.4. The highest BCUT2D eigenvalue weighted by molar-refractivity contribution is 6.03. The SMILES string of the molecule is CCc1cccc2cc(O)cc(-c3nc4c5c(nc(OC[C@@]67CCCN6C[C@@H](F)C7)nc5c3F)N3C[C@@H]5CC=C(N5)[C@@H]3CO4)c12. The van der Waals surface area contributed by atoms with E-state index in [1.807, 2.05) is 25.1 Å². The summed E-state index contributed by atoms with van der Waals surface area (Å²) in [4.78, 5) is 18.7.